The number of hydrogen-bond acceptors (Lipinski definition) is 9. The number of pyridine rings is 1. The van der Waals surface area contributed by atoms with Crippen molar-refractivity contribution in [2.45, 2.75) is 38.4 Å². The summed E-state index contributed by atoms with van der Waals surface area (Å²) in [6, 6.07) is 10.9. The third kappa shape index (κ3) is 5.50. The molecule has 200 valence electrons. The van der Waals surface area contributed by atoms with Crippen molar-refractivity contribution in [3.8, 4) is 17.1 Å². The van der Waals surface area contributed by atoms with E-state index in [2.05, 4.69) is 34.4 Å². The zero-order chi connectivity index (χ0) is 26.9. The highest BCUT2D eigenvalue weighted by molar-refractivity contribution is 7.14. The van der Waals surface area contributed by atoms with Crippen molar-refractivity contribution in [2.75, 3.05) is 43.1 Å². The molecule has 2 aromatic heterocycles. The van der Waals surface area contributed by atoms with Crippen molar-refractivity contribution in [1.29, 1.82) is 0 Å². The van der Waals surface area contributed by atoms with Crippen LogP contribution in [0.4, 0.5) is 10.9 Å². The Balaban J connectivity index is 1.18. The number of rotatable bonds is 7. The Morgan fingerprint density at radius 2 is 1.95 bits per heavy atom. The van der Waals surface area contributed by atoms with Crippen LogP contribution in [-0.2, 0) is 14.9 Å². The van der Waals surface area contributed by atoms with E-state index in [-0.39, 0.29) is 37.2 Å². The molecule has 1 saturated heterocycles. The van der Waals surface area contributed by atoms with Crippen molar-refractivity contribution < 1.29 is 24.2 Å². The molecule has 0 bridgehead atoms. The molecule has 2 amide bonds. The number of ether oxygens (including phenoxy) is 2. The summed E-state index contributed by atoms with van der Waals surface area (Å²) in [5.41, 5.74) is 2.00. The van der Waals surface area contributed by atoms with E-state index < -0.39 is 5.41 Å². The summed E-state index contributed by atoms with van der Waals surface area (Å²) in [4.78, 5) is 36.7. The van der Waals surface area contributed by atoms with Crippen LogP contribution in [0.25, 0.3) is 11.4 Å². The van der Waals surface area contributed by atoms with Gasteiger partial charge in [0.25, 0.3) is 5.91 Å². The third-order valence-electron chi connectivity index (χ3n) is 6.69. The Bertz CT molecular complexity index is 1340. The molecule has 0 saturated carbocycles. The molecule has 0 radical (unpaired) electrons. The maximum atomic E-state index is 12.7. The van der Waals surface area contributed by atoms with Gasteiger partial charge in [-0.3, -0.25) is 9.59 Å². The van der Waals surface area contributed by atoms with Gasteiger partial charge in [0.1, 0.15) is 17.3 Å². The predicted octanol–water partition coefficient (Wildman–Crippen LogP) is 2.83. The smallest absolute Gasteiger partial charge is 0.251 e. The number of benzene rings is 1. The summed E-state index contributed by atoms with van der Waals surface area (Å²) in [6.07, 6.45) is 0.256. The van der Waals surface area contributed by atoms with Gasteiger partial charge in [0.2, 0.25) is 5.91 Å². The van der Waals surface area contributed by atoms with Crippen molar-refractivity contribution in [2.24, 2.45) is 0 Å². The second-order valence-electron chi connectivity index (χ2n) is 10.0. The summed E-state index contributed by atoms with van der Waals surface area (Å²) in [6.45, 7) is 7.58. The first-order valence-electron chi connectivity index (χ1n) is 12.5. The lowest BCUT2D eigenvalue weighted by Crippen LogP contribution is -2.45. The van der Waals surface area contributed by atoms with Gasteiger partial charge in [0.05, 0.1) is 43.1 Å². The zero-order valence-corrected chi connectivity index (χ0v) is 22.4. The Hall–Kier alpha value is -3.54. The molecule has 1 fully saturated rings. The Labute approximate surface area is 225 Å². The van der Waals surface area contributed by atoms with Crippen LogP contribution in [-0.4, -0.2) is 71.9 Å². The van der Waals surface area contributed by atoms with Gasteiger partial charge in [0.15, 0.2) is 5.13 Å². The van der Waals surface area contributed by atoms with Gasteiger partial charge >= 0.3 is 0 Å². The third-order valence-corrected chi connectivity index (χ3v) is 7.45. The summed E-state index contributed by atoms with van der Waals surface area (Å²) in [5.74, 6) is 0.748. The van der Waals surface area contributed by atoms with E-state index in [0.717, 1.165) is 30.2 Å². The fourth-order valence-corrected chi connectivity index (χ4v) is 5.42. The number of fused-ring (bicyclic) bond motifs is 1. The molecular weight excluding hydrogens is 506 g/mol. The Kier molecular flexibility index (Phi) is 7.33. The average Bonchev–Trinajstić information content (AvgIpc) is 3.51. The van der Waals surface area contributed by atoms with Crippen LogP contribution in [0.3, 0.4) is 0 Å². The van der Waals surface area contributed by atoms with Gasteiger partial charge < -0.3 is 30.1 Å². The molecule has 3 atom stereocenters. The van der Waals surface area contributed by atoms with Gasteiger partial charge in [-0.1, -0.05) is 6.07 Å². The van der Waals surface area contributed by atoms with Crippen LogP contribution in [0.1, 0.15) is 36.7 Å². The SMILES string of the molecule is C[C@@H]1CN(c2cccc(-c3csc(NC(=O)CNC(=O)c4ccc5c(c4)C(C)(CO)CO5)n3)n2)C[C@H](C)O1. The minimum Gasteiger partial charge on any atom is -0.492 e. The molecule has 3 aromatic rings. The lowest BCUT2D eigenvalue weighted by atomic mass is 9.85. The topological polar surface area (TPSA) is 126 Å². The van der Waals surface area contributed by atoms with Crippen LogP contribution in [0.2, 0.25) is 0 Å². The average molecular weight is 538 g/mol. The van der Waals surface area contributed by atoms with Crippen molar-refractivity contribution >= 4 is 34.1 Å². The molecule has 38 heavy (non-hydrogen) atoms. The molecule has 3 N–H and O–H groups in total. The van der Waals surface area contributed by atoms with Crippen LogP contribution in [0.5, 0.6) is 5.75 Å². The van der Waals surface area contributed by atoms with E-state index >= 15 is 0 Å². The quantitative estimate of drug-likeness (QED) is 0.420. The molecule has 5 rings (SSSR count). The van der Waals surface area contributed by atoms with Crippen molar-refractivity contribution in [3.63, 3.8) is 0 Å². The molecule has 1 unspecified atom stereocenters. The fraction of sp³-hybridized carbons (Fsp3) is 0.407. The number of anilines is 2. The molecule has 2 aliphatic heterocycles. The summed E-state index contributed by atoms with van der Waals surface area (Å²) in [5, 5.41) is 17.4. The number of aromatic nitrogens is 2. The largest absolute Gasteiger partial charge is 0.492 e. The number of hydrogen-bond donors (Lipinski definition) is 3. The molecule has 11 heteroatoms. The second kappa shape index (κ2) is 10.7. The van der Waals surface area contributed by atoms with Gasteiger partial charge in [0, 0.05) is 29.6 Å². The molecule has 0 aliphatic carbocycles. The summed E-state index contributed by atoms with van der Waals surface area (Å²) >= 11 is 1.29. The maximum absolute atomic E-state index is 12.7. The highest BCUT2D eigenvalue weighted by Crippen LogP contribution is 2.38. The lowest BCUT2D eigenvalue weighted by Gasteiger charge is -2.36. The van der Waals surface area contributed by atoms with Gasteiger partial charge in [-0.2, -0.15) is 0 Å². The summed E-state index contributed by atoms with van der Waals surface area (Å²) < 4.78 is 11.4. The lowest BCUT2D eigenvalue weighted by molar-refractivity contribution is -0.115. The van der Waals surface area contributed by atoms with Gasteiger partial charge in [-0.15, -0.1) is 11.3 Å². The van der Waals surface area contributed by atoms with Crippen LogP contribution >= 0.6 is 11.3 Å². The first-order chi connectivity index (χ1) is 18.2. The Morgan fingerprint density at radius 1 is 1.16 bits per heavy atom. The van der Waals surface area contributed by atoms with E-state index in [0.29, 0.717) is 28.7 Å². The standard InChI is InChI=1S/C27H31N5O5S/c1-16-11-32(12-17(2)37-16)23-6-4-5-20(29-23)21-13-38-26(30-21)31-24(34)10-28-25(35)18-7-8-22-19(9-18)27(3,14-33)15-36-22/h4-9,13,16-17,33H,10-12,14-15H2,1-3H3,(H,28,35)(H,30,31,34)/t16-,17+,27?. The Morgan fingerprint density at radius 3 is 2.71 bits per heavy atom. The number of aliphatic hydroxyl groups is 1. The van der Waals surface area contributed by atoms with E-state index in [1.165, 1.54) is 11.3 Å². The number of carbonyl (C=O) groups is 2. The molecular formula is C27H31N5O5S. The van der Waals surface area contributed by atoms with Gasteiger partial charge in [-0.05, 0) is 51.1 Å². The predicted molar refractivity (Wildman–Crippen MR) is 145 cm³/mol. The van der Waals surface area contributed by atoms with Crippen LogP contribution in [0.15, 0.2) is 41.8 Å². The number of nitrogens with one attached hydrogen (secondary N) is 2. The first-order valence-corrected chi connectivity index (χ1v) is 13.4. The first kappa shape index (κ1) is 26.1. The molecule has 1 aromatic carbocycles. The molecule has 4 heterocycles. The number of morpholine rings is 1. The van der Waals surface area contributed by atoms with Crippen LogP contribution in [0, 0.1) is 0 Å². The number of carbonyl (C=O) groups excluding carboxylic acids is 2. The minimum absolute atomic E-state index is 0.0886. The van der Waals surface area contributed by atoms with E-state index in [4.69, 9.17) is 14.5 Å². The number of amides is 2. The zero-order valence-electron chi connectivity index (χ0n) is 21.6. The number of thiazole rings is 1. The highest BCUT2D eigenvalue weighted by atomic mass is 32.1. The van der Waals surface area contributed by atoms with Gasteiger partial charge in [-0.25, -0.2) is 9.97 Å². The fourth-order valence-electron chi connectivity index (χ4n) is 4.70. The highest BCUT2D eigenvalue weighted by Gasteiger charge is 2.36. The molecule has 0 spiro atoms. The monoisotopic (exact) mass is 537 g/mol. The van der Waals surface area contributed by atoms with Crippen molar-refractivity contribution in [1.82, 2.24) is 15.3 Å². The number of nitrogens with zero attached hydrogens (tertiary/aromatic N) is 3. The van der Waals surface area contributed by atoms with E-state index in [1.54, 1.807) is 18.2 Å². The van der Waals surface area contributed by atoms with E-state index in [1.807, 2.05) is 30.5 Å². The second-order valence-corrected chi connectivity index (χ2v) is 10.9. The normalized spacial score (nSPS) is 22.5. The summed E-state index contributed by atoms with van der Waals surface area (Å²) in [7, 11) is 0. The minimum atomic E-state index is -0.557. The van der Waals surface area contributed by atoms with E-state index in [9.17, 15) is 14.7 Å². The molecule has 10 nitrogen and oxygen atoms in total. The maximum Gasteiger partial charge on any atom is 0.251 e. The number of aliphatic hydroxyl groups excluding tert-OH is 1. The van der Waals surface area contributed by atoms with Crippen LogP contribution < -0.4 is 20.3 Å². The van der Waals surface area contributed by atoms with Crippen molar-refractivity contribution in [3.05, 3.63) is 52.9 Å². The molecule has 2 aliphatic rings.